The molecule has 0 aromatic heterocycles. The highest BCUT2D eigenvalue weighted by atomic mass is 35.5. The molecule has 0 fully saturated rings. The second kappa shape index (κ2) is 8.50. The van der Waals surface area contributed by atoms with Crippen LogP contribution in [-0.4, -0.2) is 19.1 Å². The number of amides is 1. The summed E-state index contributed by atoms with van der Waals surface area (Å²) in [5.74, 6) is 0.275. The van der Waals surface area contributed by atoms with Gasteiger partial charge in [-0.3, -0.25) is 4.79 Å². The van der Waals surface area contributed by atoms with Crippen molar-refractivity contribution >= 4 is 18.3 Å². The Balaban J connectivity index is 0.00000264. The Morgan fingerprint density at radius 3 is 2.74 bits per heavy atom. The van der Waals surface area contributed by atoms with E-state index < -0.39 is 5.41 Å². The number of nitrogens with two attached hydrogens (primary N) is 1. The first-order valence-corrected chi connectivity index (χ1v) is 7.99. The summed E-state index contributed by atoms with van der Waals surface area (Å²) in [6.45, 7) is 4.83. The third kappa shape index (κ3) is 4.15. The number of hydrogen-bond donors (Lipinski definition) is 2. The summed E-state index contributed by atoms with van der Waals surface area (Å²) < 4.78 is 19.2. The third-order valence-electron chi connectivity index (χ3n) is 4.77. The number of fused-ring (bicyclic) bond motifs is 1. The summed E-state index contributed by atoms with van der Waals surface area (Å²) >= 11 is 0. The zero-order valence-corrected chi connectivity index (χ0v) is 14.5. The lowest BCUT2D eigenvalue weighted by Crippen LogP contribution is -2.46. The van der Waals surface area contributed by atoms with Crippen molar-refractivity contribution in [2.75, 3.05) is 13.2 Å². The van der Waals surface area contributed by atoms with Gasteiger partial charge in [-0.15, -0.1) is 12.4 Å². The predicted molar refractivity (Wildman–Crippen MR) is 91.3 cm³/mol. The standard InChI is InChI=1S/C17H25FN2O2.ClH/c1-3-17(4-2,11-19)16(21)20-14-6-5-9-22-15-8-7-12(18)10-13(14)15;/h7-8,10,14H,3-6,9,11,19H2,1-2H3,(H,20,21);1H. The van der Waals surface area contributed by atoms with Gasteiger partial charge in [-0.2, -0.15) is 0 Å². The van der Waals surface area contributed by atoms with Crippen molar-refractivity contribution in [3.63, 3.8) is 0 Å². The molecule has 130 valence electrons. The van der Waals surface area contributed by atoms with E-state index in [4.69, 9.17) is 10.5 Å². The van der Waals surface area contributed by atoms with E-state index in [1.807, 2.05) is 13.8 Å². The van der Waals surface area contributed by atoms with E-state index in [-0.39, 0.29) is 30.2 Å². The lowest BCUT2D eigenvalue weighted by atomic mass is 9.81. The first-order valence-electron chi connectivity index (χ1n) is 7.99. The summed E-state index contributed by atoms with van der Waals surface area (Å²) in [5.41, 5.74) is 6.00. The van der Waals surface area contributed by atoms with Gasteiger partial charge >= 0.3 is 0 Å². The fourth-order valence-electron chi connectivity index (χ4n) is 2.96. The Kier molecular flexibility index (Phi) is 7.29. The highest BCUT2D eigenvalue weighted by molar-refractivity contribution is 5.85. The largest absolute Gasteiger partial charge is 0.493 e. The molecule has 1 amide bonds. The first kappa shape index (κ1) is 19.7. The van der Waals surface area contributed by atoms with Crippen molar-refractivity contribution in [2.45, 2.75) is 45.6 Å². The van der Waals surface area contributed by atoms with Crippen LogP contribution in [0, 0.1) is 11.2 Å². The maximum atomic E-state index is 13.6. The molecule has 1 unspecified atom stereocenters. The van der Waals surface area contributed by atoms with Gasteiger partial charge in [0.2, 0.25) is 5.91 Å². The molecule has 0 saturated heterocycles. The number of benzene rings is 1. The molecule has 1 aliphatic heterocycles. The van der Waals surface area contributed by atoms with Crippen LogP contribution in [0.3, 0.4) is 0 Å². The SMILES string of the molecule is CCC(CC)(CN)C(=O)NC1CCCOc2ccc(F)cc21.Cl. The van der Waals surface area contributed by atoms with Crippen LogP contribution in [0.4, 0.5) is 4.39 Å². The van der Waals surface area contributed by atoms with Gasteiger partial charge in [-0.05, 0) is 43.9 Å². The lowest BCUT2D eigenvalue weighted by molar-refractivity contribution is -0.131. The predicted octanol–water partition coefficient (Wildman–Crippen LogP) is 3.34. The van der Waals surface area contributed by atoms with Crippen LogP contribution in [0.5, 0.6) is 5.75 Å². The van der Waals surface area contributed by atoms with Crippen LogP contribution in [0.1, 0.15) is 51.1 Å². The minimum absolute atomic E-state index is 0. The molecular weight excluding hydrogens is 319 g/mol. The molecule has 4 nitrogen and oxygen atoms in total. The van der Waals surface area contributed by atoms with Crippen LogP contribution < -0.4 is 15.8 Å². The van der Waals surface area contributed by atoms with Crippen molar-refractivity contribution in [3.8, 4) is 5.75 Å². The maximum Gasteiger partial charge on any atom is 0.227 e. The van der Waals surface area contributed by atoms with Crippen molar-refractivity contribution in [2.24, 2.45) is 11.1 Å². The van der Waals surface area contributed by atoms with Gasteiger partial charge in [-0.1, -0.05) is 13.8 Å². The summed E-state index contributed by atoms with van der Waals surface area (Å²) in [7, 11) is 0. The van der Waals surface area contributed by atoms with Crippen LogP contribution in [-0.2, 0) is 4.79 Å². The molecule has 3 N–H and O–H groups in total. The van der Waals surface area contributed by atoms with Crippen molar-refractivity contribution in [1.29, 1.82) is 0 Å². The molecule has 6 heteroatoms. The Morgan fingerprint density at radius 1 is 1.43 bits per heavy atom. The van der Waals surface area contributed by atoms with Crippen LogP contribution in [0.15, 0.2) is 18.2 Å². The fourth-order valence-corrected chi connectivity index (χ4v) is 2.96. The van der Waals surface area contributed by atoms with E-state index in [9.17, 15) is 9.18 Å². The molecule has 1 aliphatic rings. The second-order valence-corrected chi connectivity index (χ2v) is 5.89. The van der Waals surface area contributed by atoms with E-state index >= 15 is 0 Å². The smallest absolute Gasteiger partial charge is 0.227 e. The van der Waals surface area contributed by atoms with Crippen LogP contribution >= 0.6 is 12.4 Å². The molecule has 0 bridgehead atoms. The maximum absolute atomic E-state index is 13.6. The van der Waals surface area contributed by atoms with Gasteiger partial charge in [0.1, 0.15) is 11.6 Å². The summed E-state index contributed by atoms with van der Waals surface area (Å²) in [6.07, 6.45) is 2.92. The van der Waals surface area contributed by atoms with Crippen molar-refractivity contribution in [1.82, 2.24) is 5.32 Å². The third-order valence-corrected chi connectivity index (χ3v) is 4.77. The molecule has 1 atom stereocenters. The zero-order valence-electron chi connectivity index (χ0n) is 13.7. The van der Waals surface area contributed by atoms with Crippen molar-refractivity contribution in [3.05, 3.63) is 29.6 Å². The summed E-state index contributed by atoms with van der Waals surface area (Å²) in [5, 5.41) is 3.07. The molecule has 23 heavy (non-hydrogen) atoms. The molecule has 1 aromatic carbocycles. The number of hydrogen-bond acceptors (Lipinski definition) is 3. The molecule has 0 saturated carbocycles. The highest BCUT2D eigenvalue weighted by Gasteiger charge is 2.35. The Morgan fingerprint density at radius 2 is 2.13 bits per heavy atom. The van der Waals surface area contributed by atoms with E-state index in [2.05, 4.69) is 5.32 Å². The quantitative estimate of drug-likeness (QED) is 0.861. The van der Waals surface area contributed by atoms with E-state index in [0.717, 1.165) is 12.8 Å². The molecule has 1 heterocycles. The topological polar surface area (TPSA) is 64.4 Å². The Bertz CT molecular complexity index is 527. The van der Waals surface area contributed by atoms with Crippen LogP contribution in [0.25, 0.3) is 0 Å². The lowest BCUT2D eigenvalue weighted by Gasteiger charge is -2.31. The normalized spacial score (nSPS) is 17.3. The number of nitrogens with one attached hydrogen (secondary N) is 1. The molecule has 1 aromatic rings. The Labute approximate surface area is 143 Å². The number of ether oxygens (including phenoxy) is 1. The van der Waals surface area contributed by atoms with E-state index in [1.54, 1.807) is 6.07 Å². The average molecular weight is 345 g/mol. The average Bonchev–Trinajstić information content (AvgIpc) is 2.72. The van der Waals surface area contributed by atoms with Gasteiger partial charge < -0.3 is 15.8 Å². The minimum Gasteiger partial charge on any atom is -0.493 e. The van der Waals surface area contributed by atoms with Crippen molar-refractivity contribution < 1.29 is 13.9 Å². The highest BCUT2D eigenvalue weighted by Crippen LogP contribution is 2.34. The molecule has 0 spiro atoms. The first-order chi connectivity index (χ1) is 10.6. The molecular formula is C17H26ClFN2O2. The van der Waals surface area contributed by atoms with Gasteiger partial charge in [0.25, 0.3) is 0 Å². The fraction of sp³-hybridized carbons (Fsp3) is 0.588. The Hall–Kier alpha value is -1.33. The molecule has 2 rings (SSSR count). The zero-order chi connectivity index (χ0) is 16.2. The molecule has 0 radical (unpaired) electrons. The van der Waals surface area contributed by atoms with Gasteiger partial charge in [0, 0.05) is 12.1 Å². The molecule has 0 aliphatic carbocycles. The number of rotatable bonds is 5. The van der Waals surface area contributed by atoms with Gasteiger partial charge in [0.15, 0.2) is 0 Å². The minimum atomic E-state index is -0.555. The van der Waals surface area contributed by atoms with Gasteiger partial charge in [-0.25, -0.2) is 4.39 Å². The van der Waals surface area contributed by atoms with E-state index in [0.29, 0.717) is 37.3 Å². The summed E-state index contributed by atoms with van der Waals surface area (Å²) in [4.78, 5) is 12.7. The summed E-state index contributed by atoms with van der Waals surface area (Å²) in [6, 6.07) is 4.23. The number of carbonyl (C=O) groups is 1. The van der Waals surface area contributed by atoms with Crippen LogP contribution in [0.2, 0.25) is 0 Å². The second-order valence-electron chi connectivity index (χ2n) is 5.89. The van der Waals surface area contributed by atoms with Gasteiger partial charge in [0.05, 0.1) is 18.1 Å². The van der Waals surface area contributed by atoms with E-state index in [1.165, 1.54) is 12.1 Å². The number of carbonyl (C=O) groups excluding carboxylic acids is 1. The monoisotopic (exact) mass is 344 g/mol. The number of halogens is 2.